The van der Waals surface area contributed by atoms with Gasteiger partial charge in [-0.3, -0.25) is 0 Å². The van der Waals surface area contributed by atoms with Crippen molar-refractivity contribution in [3.8, 4) is 11.3 Å². The maximum atomic E-state index is 12.6. The number of methoxy groups -OCH3 is 1. The lowest BCUT2D eigenvalue weighted by molar-refractivity contribution is -0.145. The monoisotopic (exact) mass is 406 g/mol. The van der Waals surface area contributed by atoms with Crippen LogP contribution in [0, 0.1) is 6.92 Å². The van der Waals surface area contributed by atoms with Crippen molar-refractivity contribution in [1.82, 2.24) is 9.78 Å². The summed E-state index contributed by atoms with van der Waals surface area (Å²) in [6.07, 6.45) is 0.508. The summed E-state index contributed by atoms with van der Waals surface area (Å²) < 4.78 is 17.7. The van der Waals surface area contributed by atoms with E-state index < -0.39 is 11.6 Å². The van der Waals surface area contributed by atoms with E-state index in [0.717, 1.165) is 11.3 Å². The number of aromatic nitrogens is 2. The molecule has 0 N–H and O–H groups in total. The summed E-state index contributed by atoms with van der Waals surface area (Å²) in [4.78, 5) is 12.6. The molecule has 1 atom stereocenters. The first kappa shape index (κ1) is 19.4. The second-order valence-corrected chi connectivity index (χ2v) is 7.07. The number of rotatable bonds is 4. The molecule has 1 aliphatic heterocycles. The van der Waals surface area contributed by atoms with E-state index in [1.54, 1.807) is 19.1 Å². The highest BCUT2D eigenvalue weighted by Gasteiger charge is 2.47. The smallest absolute Gasteiger partial charge is 0.361 e. The molecule has 0 fully saturated rings. The molecule has 0 bridgehead atoms. The van der Waals surface area contributed by atoms with Crippen molar-refractivity contribution in [1.29, 1.82) is 0 Å². The second-order valence-electron chi connectivity index (χ2n) is 6.30. The van der Waals surface area contributed by atoms with Crippen molar-refractivity contribution in [2.45, 2.75) is 32.8 Å². The topological polar surface area (TPSA) is 62.6 Å². The van der Waals surface area contributed by atoms with Gasteiger partial charge in [-0.25, -0.2) is 9.48 Å². The highest BCUT2D eigenvalue weighted by atomic mass is 35.5. The molecule has 27 heavy (non-hydrogen) atoms. The summed E-state index contributed by atoms with van der Waals surface area (Å²) in [6.45, 7) is 5.51. The molecule has 8 heteroatoms. The van der Waals surface area contributed by atoms with Crippen LogP contribution in [0.1, 0.15) is 26.0 Å². The summed E-state index contributed by atoms with van der Waals surface area (Å²) in [5.41, 5.74) is 1.56. The summed E-state index contributed by atoms with van der Waals surface area (Å²) in [7, 11) is 1.40. The molecule has 6 nitrogen and oxygen atoms in total. The van der Waals surface area contributed by atoms with E-state index in [2.05, 4.69) is 5.10 Å². The molecule has 0 spiro atoms. The molecular formula is C19H19ClN2O4S. The van der Waals surface area contributed by atoms with Crippen LogP contribution in [0.15, 0.2) is 36.1 Å². The highest BCUT2D eigenvalue weighted by molar-refractivity contribution is 7.79. The molecule has 0 aliphatic carbocycles. The van der Waals surface area contributed by atoms with Gasteiger partial charge in [0.2, 0.25) is 0 Å². The SMILES string of the molecule is CCC1(C)OC(=O)C(n2nc(-c3ccc(Cl)cc3)cc2C)=C1OC(=S)OC. The minimum atomic E-state index is -0.951. The lowest BCUT2D eigenvalue weighted by Gasteiger charge is -2.23. The lowest BCUT2D eigenvalue weighted by atomic mass is 10.0. The molecule has 1 aliphatic rings. The number of hydrogen-bond acceptors (Lipinski definition) is 6. The van der Waals surface area contributed by atoms with Crippen LogP contribution in [0.5, 0.6) is 0 Å². The standard InChI is InChI=1S/C19H19ClN2O4S/c1-5-19(3)16(25-18(27)24-4)15(17(23)26-19)22-11(2)10-14(21-22)12-6-8-13(20)9-7-12/h6-10H,5H2,1-4H3. The van der Waals surface area contributed by atoms with E-state index >= 15 is 0 Å². The molecule has 0 radical (unpaired) electrons. The predicted molar refractivity (Wildman–Crippen MR) is 106 cm³/mol. The molecule has 1 aromatic heterocycles. The number of carbonyl (C=O) groups is 1. The third-order valence-corrected chi connectivity index (χ3v) is 4.97. The zero-order valence-corrected chi connectivity index (χ0v) is 17.0. The van der Waals surface area contributed by atoms with Gasteiger partial charge in [-0.1, -0.05) is 30.7 Å². The highest BCUT2D eigenvalue weighted by Crippen LogP contribution is 2.39. The Morgan fingerprint density at radius 1 is 1.37 bits per heavy atom. The average Bonchev–Trinajstić information content (AvgIpc) is 3.13. The Kier molecular flexibility index (Phi) is 5.26. The molecule has 2 aromatic rings. The molecule has 0 amide bonds. The van der Waals surface area contributed by atoms with Gasteiger partial charge in [0.05, 0.1) is 12.8 Å². The van der Waals surface area contributed by atoms with Crippen LogP contribution >= 0.6 is 23.8 Å². The van der Waals surface area contributed by atoms with Gasteiger partial charge < -0.3 is 14.2 Å². The van der Waals surface area contributed by atoms with Crippen LogP contribution in [0.25, 0.3) is 17.0 Å². The Morgan fingerprint density at radius 3 is 2.63 bits per heavy atom. The van der Waals surface area contributed by atoms with Gasteiger partial charge in [-0.15, -0.1) is 0 Å². The van der Waals surface area contributed by atoms with Crippen LogP contribution in [0.3, 0.4) is 0 Å². The minimum absolute atomic E-state index is 0.0943. The molecule has 0 saturated carbocycles. The minimum Gasteiger partial charge on any atom is -0.460 e. The fourth-order valence-electron chi connectivity index (χ4n) is 2.80. The van der Waals surface area contributed by atoms with Gasteiger partial charge in [-0.05, 0) is 38.5 Å². The molecule has 2 heterocycles. The first-order valence-corrected chi connectivity index (χ1v) is 9.14. The maximum Gasteiger partial charge on any atom is 0.361 e. The third kappa shape index (κ3) is 3.57. The van der Waals surface area contributed by atoms with E-state index in [9.17, 15) is 4.79 Å². The van der Waals surface area contributed by atoms with Crippen molar-refractivity contribution < 1.29 is 19.0 Å². The van der Waals surface area contributed by atoms with Gasteiger partial charge >= 0.3 is 11.2 Å². The lowest BCUT2D eigenvalue weighted by Crippen LogP contribution is -2.29. The molecule has 142 valence electrons. The molecular weight excluding hydrogens is 388 g/mol. The zero-order chi connectivity index (χ0) is 19.8. The number of halogens is 1. The van der Waals surface area contributed by atoms with Crippen molar-refractivity contribution in [2.75, 3.05) is 7.11 Å². The zero-order valence-electron chi connectivity index (χ0n) is 15.4. The summed E-state index contributed by atoms with van der Waals surface area (Å²) in [5.74, 6) is -0.238. The Hall–Kier alpha value is -2.38. The first-order valence-electron chi connectivity index (χ1n) is 8.36. The van der Waals surface area contributed by atoms with E-state index in [1.165, 1.54) is 11.8 Å². The fourth-order valence-corrected chi connectivity index (χ4v) is 3.01. The number of carbonyl (C=O) groups excluding carboxylic acids is 1. The number of nitrogens with zero attached hydrogens (tertiary/aromatic N) is 2. The van der Waals surface area contributed by atoms with Crippen LogP contribution in [-0.4, -0.2) is 33.7 Å². The average molecular weight is 407 g/mol. The molecule has 1 unspecified atom stereocenters. The van der Waals surface area contributed by atoms with E-state index in [-0.39, 0.29) is 16.7 Å². The quantitative estimate of drug-likeness (QED) is 0.555. The van der Waals surface area contributed by atoms with Gasteiger partial charge in [0, 0.05) is 28.5 Å². The number of aryl methyl sites for hydroxylation is 1. The van der Waals surface area contributed by atoms with E-state index in [0.29, 0.717) is 17.1 Å². The Morgan fingerprint density at radius 2 is 2.04 bits per heavy atom. The van der Waals surface area contributed by atoms with Crippen LogP contribution in [0.2, 0.25) is 5.02 Å². The van der Waals surface area contributed by atoms with Crippen molar-refractivity contribution in [3.05, 3.63) is 46.8 Å². The maximum absolute atomic E-state index is 12.6. The van der Waals surface area contributed by atoms with E-state index in [1.807, 2.05) is 32.0 Å². The Balaban J connectivity index is 2.12. The number of esters is 1. The van der Waals surface area contributed by atoms with Gasteiger partial charge in [0.15, 0.2) is 17.1 Å². The normalized spacial score (nSPS) is 19.2. The number of hydrogen-bond donors (Lipinski definition) is 0. The molecule has 3 rings (SSSR count). The first-order chi connectivity index (χ1) is 12.8. The Bertz CT molecular complexity index is 936. The van der Waals surface area contributed by atoms with Crippen LogP contribution in [0.4, 0.5) is 0 Å². The number of ether oxygens (including phenoxy) is 3. The van der Waals surface area contributed by atoms with Crippen molar-refractivity contribution in [2.24, 2.45) is 0 Å². The number of thiocarbonyl (C=S) groups is 1. The summed E-state index contributed by atoms with van der Waals surface area (Å²) in [5, 5.41) is 5.12. The summed E-state index contributed by atoms with van der Waals surface area (Å²) in [6, 6.07) is 9.17. The fraction of sp³-hybridized carbons (Fsp3) is 0.316. The third-order valence-electron chi connectivity index (χ3n) is 4.47. The van der Waals surface area contributed by atoms with Gasteiger partial charge in [-0.2, -0.15) is 5.10 Å². The predicted octanol–water partition coefficient (Wildman–Crippen LogP) is 4.35. The molecule has 0 saturated heterocycles. The molecule has 1 aromatic carbocycles. The summed E-state index contributed by atoms with van der Waals surface area (Å²) >= 11 is 11.0. The number of benzene rings is 1. The second kappa shape index (κ2) is 7.32. The largest absolute Gasteiger partial charge is 0.460 e. The van der Waals surface area contributed by atoms with Crippen LogP contribution in [-0.2, 0) is 19.0 Å². The van der Waals surface area contributed by atoms with Gasteiger partial charge in [0.25, 0.3) is 0 Å². The van der Waals surface area contributed by atoms with E-state index in [4.69, 9.17) is 38.0 Å². The van der Waals surface area contributed by atoms with Crippen molar-refractivity contribution >= 4 is 40.7 Å². The van der Waals surface area contributed by atoms with Crippen molar-refractivity contribution in [3.63, 3.8) is 0 Å². The Labute approximate surface area is 167 Å². The van der Waals surface area contributed by atoms with Crippen LogP contribution < -0.4 is 0 Å². The number of cyclic esters (lactones) is 1. The van der Waals surface area contributed by atoms with Gasteiger partial charge in [0.1, 0.15) is 0 Å².